The molecule has 20 heavy (non-hydrogen) atoms. The van der Waals surface area contributed by atoms with Gasteiger partial charge in [-0.05, 0) is 40.3 Å². The SMILES string of the molecule is Cc1cc(N2CCC(O)(CN(C)C)C2)nc(C2CC2)n1. The fourth-order valence-corrected chi connectivity index (χ4v) is 3.03. The molecule has 5 nitrogen and oxygen atoms in total. The molecule has 1 aliphatic carbocycles. The van der Waals surface area contributed by atoms with E-state index in [1.54, 1.807) is 0 Å². The van der Waals surface area contributed by atoms with E-state index in [1.165, 1.54) is 12.8 Å². The van der Waals surface area contributed by atoms with Crippen LogP contribution < -0.4 is 4.90 Å². The number of likely N-dealkylation sites (N-methyl/N-ethyl adjacent to an activating group) is 1. The molecule has 0 spiro atoms. The smallest absolute Gasteiger partial charge is 0.134 e. The zero-order valence-corrected chi connectivity index (χ0v) is 12.6. The lowest BCUT2D eigenvalue weighted by Gasteiger charge is -2.27. The van der Waals surface area contributed by atoms with Crippen LogP contribution in [0.2, 0.25) is 0 Å². The van der Waals surface area contributed by atoms with Gasteiger partial charge < -0.3 is 14.9 Å². The van der Waals surface area contributed by atoms with Crippen LogP contribution in [-0.2, 0) is 0 Å². The molecular formula is C15H24N4O. The number of nitrogens with zero attached hydrogens (tertiary/aromatic N) is 4. The van der Waals surface area contributed by atoms with Crippen LogP contribution in [-0.4, -0.2) is 59.3 Å². The Hall–Kier alpha value is -1.20. The molecule has 3 rings (SSSR count). The van der Waals surface area contributed by atoms with Crippen molar-refractivity contribution in [3.05, 3.63) is 17.6 Å². The molecule has 1 saturated carbocycles. The monoisotopic (exact) mass is 276 g/mol. The number of anilines is 1. The second-order valence-corrected chi connectivity index (χ2v) is 6.63. The number of hydrogen-bond donors (Lipinski definition) is 1. The van der Waals surface area contributed by atoms with Crippen LogP contribution in [0.5, 0.6) is 0 Å². The average molecular weight is 276 g/mol. The van der Waals surface area contributed by atoms with Gasteiger partial charge in [0.1, 0.15) is 11.6 Å². The van der Waals surface area contributed by atoms with Gasteiger partial charge in [0.25, 0.3) is 0 Å². The normalized spacial score (nSPS) is 26.6. The predicted octanol–water partition coefficient (Wildman–Crippen LogP) is 1.17. The molecule has 1 aromatic heterocycles. The molecule has 1 N–H and O–H groups in total. The zero-order chi connectivity index (χ0) is 14.3. The molecule has 0 bridgehead atoms. The van der Waals surface area contributed by atoms with E-state index in [9.17, 15) is 5.11 Å². The maximum atomic E-state index is 10.6. The lowest BCUT2D eigenvalue weighted by atomic mass is 10.0. The highest BCUT2D eigenvalue weighted by molar-refractivity contribution is 5.42. The Labute approximate surface area is 120 Å². The van der Waals surface area contributed by atoms with Crippen LogP contribution in [0.25, 0.3) is 0 Å². The van der Waals surface area contributed by atoms with E-state index in [0.29, 0.717) is 19.0 Å². The van der Waals surface area contributed by atoms with Crippen molar-refractivity contribution < 1.29 is 5.11 Å². The van der Waals surface area contributed by atoms with Gasteiger partial charge >= 0.3 is 0 Å². The maximum Gasteiger partial charge on any atom is 0.134 e. The van der Waals surface area contributed by atoms with E-state index in [0.717, 1.165) is 30.3 Å². The van der Waals surface area contributed by atoms with Gasteiger partial charge in [0.15, 0.2) is 0 Å². The van der Waals surface area contributed by atoms with Crippen molar-refractivity contribution in [3.8, 4) is 0 Å². The third-order valence-electron chi connectivity index (χ3n) is 4.07. The second kappa shape index (κ2) is 4.97. The zero-order valence-electron chi connectivity index (χ0n) is 12.6. The molecule has 1 unspecified atom stereocenters. The molecular weight excluding hydrogens is 252 g/mol. The summed E-state index contributed by atoms with van der Waals surface area (Å²) in [7, 11) is 4.00. The predicted molar refractivity (Wildman–Crippen MR) is 79.1 cm³/mol. The number of hydrogen-bond acceptors (Lipinski definition) is 5. The van der Waals surface area contributed by atoms with Crippen molar-refractivity contribution in [2.24, 2.45) is 0 Å². The fraction of sp³-hybridized carbons (Fsp3) is 0.733. The van der Waals surface area contributed by atoms with E-state index in [1.807, 2.05) is 32.0 Å². The Kier molecular flexibility index (Phi) is 3.42. The van der Waals surface area contributed by atoms with Crippen molar-refractivity contribution in [2.75, 3.05) is 38.6 Å². The molecule has 1 atom stereocenters. The summed E-state index contributed by atoms with van der Waals surface area (Å²) in [5, 5.41) is 10.6. The summed E-state index contributed by atoms with van der Waals surface area (Å²) < 4.78 is 0. The van der Waals surface area contributed by atoms with Gasteiger partial charge in [0.2, 0.25) is 0 Å². The Morgan fingerprint density at radius 1 is 1.40 bits per heavy atom. The molecule has 0 aromatic carbocycles. The number of aryl methyl sites for hydroxylation is 1. The molecule has 110 valence electrons. The minimum absolute atomic E-state index is 0.567. The summed E-state index contributed by atoms with van der Waals surface area (Å²) in [4.78, 5) is 13.5. The van der Waals surface area contributed by atoms with E-state index in [2.05, 4.69) is 9.88 Å². The summed E-state index contributed by atoms with van der Waals surface area (Å²) >= 11 is 0. The summed E-state index contributed by atoms with van der Waals surface area (Å²) in [6.07, 6.45) is 3.23. The Morgan fingerprint density at radius 2 is 2.15 bits per heavy atom. The van der Waals surface area contributed by atoms with Gasteiger partial charge in [0, 0.05) is 37.3 Å². The summed E-state index contributed by atoms with van der Waals surface area (Å²) in [6, 6.07) is 2.04. The number of β-amino-alcohol motifs (C(OH)–C–C–N with tert-alkyl or cyclic N) is 1. The highest BCUT2D eigenvalue weighted by atomic mass is 16.3. The highest BCUT2D eigenvalue weighted by Crippen LogP contribution is 2.39. The van der Waals surface area contributed by atoms with Crippen LogP contribution in [0, 0.1) is 6.92 Å². The average Bonchev–Trinajstić information content (AvgIpc) is 3.12. The van der Waals surface area contributed by atoms with Gasteiger partial charge in [-0.15, -0.1) is 0 Å². The topological polar surface area (TPSA) is 52.5 Å². The summed E-state index contributed by atoms with van der Waals surface area (Å²) in [6.45, 7) is 4.25. The van der Waals surface area contributed by atoms with Crippen molar-refractivity contribution in [3.63, 3.8) is 0 Å². The minimum atomic E-state index is -0.623. The van der Waals surface area contributed by atoms with E-state index in [-0.39, 0.29) is 0 Å². The van der Waals surface area contributed by atoms with Crippen molar-refractivity contribution in [1.29, 1.82) is 0 Å². The Morgan fingerprint density at radius 3 is 2.80 bits per heavy atom. The largest absolute Gasteiger partial charge is 0.387 e. The molecule has 1 aromatic rings. The number of aliphatic hydroxyl groups is 1. The first kappa shape index (κ1) is 13.8. The van der Waals surface area contributed by atoms with E-state index in [4.69, 9.17) is 4.98 Å². The minimum Gasteiger partial charge on any atom is -0.387 e. The number of aromatic nitrogens is 2. The van der Waals surface area contributed by atoms with Gasteiger partial charge in [0.05, 0.1) is 5.60 Å². The lowest BCUT2D eigenvalue weighted by molar-refractivity contribution is 0.0365. The first-order valence-electron chi connectivity index (χ1n) is 7.43. The van der Waals surface area contributed by atoms with Crippen LogP contribution in [0.3, 0.4) is 0 Å². The van der Waals surface area contributed by atoms with Crippen LogP contribution in [0.1, 0.15) is 36.7 Å². The van der Waals surface area contributed by atoms with Crippen LogP contribution in [0.4, 0.5) is 5.82 Å². The highest BCUT2D eigenvalue weighted by Gasteiger charge is 2.37. The molecule has 2 aliphatic rings. The molecule has 1 aliphatic heterocycles. The molecule has 1 saturated heterocycles. The summed E-state index contributed by atoms with van der Waals surface area (Å²) in [5.41, 5.74) is 0.405. The van der Waals surface area contributed by atoms with Gasteiger partial charge in [-0.25, -0.2) is 9.97 Å². The van der Waals surface area contributed by atoms with Gasteiger partial charge in [-0.1, -0.05) is 0 Å². The van der Waals surface area contributed by atoms with Gasteiger partial charge in [-0.2, -0.15) is 0 Å². The molecule has 2 fully saturated rings. The quantitative estimate of drug-likeness (QED) is 0.894. The van der Waals surface area contributed by atoms with Crippen molar-refractivity contribution in [2.45, 2.75) is 37.7 Å². The molecule has 5 heteroatoms. The molecule has 0 radical (unpaired) electrons. The van der Waals surface area contributed by atoms with Crippen molar-refractivity contribution >= 4 is 5.82 Å². The Balaban J connectivity index is 1.77. The van der Waals surface area contributed by atoms with Crippen molar-refractivity contribution in [1.82, 2.24) is 14.9 Å². The van der Waals surface area contributed by atoms with Crippen LogP contribution >= 0.6 is 0 Å². The van der Waals surface area contributed by atoms with E-state index < -0.39 is 5.60 Å². The fourth-order valence-electron chi connectivity index (χ4n) is 3.03. The maximum absolute atomic E-state index is 10.6. The standard InChI is InChI=1S/C15H24N4O/c1-11-8-13(17-14(16-11)12-4-5-12)19-7-6-15(20,10-19)9-18(2)3/h8,12,20H,4-7,9-10H2,1-3H3. The number of rotatable bonds is 4. The first-order chi connectivity index (χ1) is 9.45. The van der Waals surface area contributed by atoms with E-state index >= 15 is 0 Å². The Bertz CT molecular complexity index is 501. The molecule has 0 amide bonds. The second-order valence-electron chi connectivity index (χ2n) is 6.63. The third kappa shape index (κ3) is 2.94. The third-order valence-corrected chi connectivity index (χ3v) is 4.07. The van der Waals surface area contributed by atoms with Gasteiger partial charge in [-0.3, -0.25) is 0 Å². The first-order valence-corrected chi connectivity index (χ1v) is 7.43. The van der Waals surface area contributed by atoms with Crippen LogP contribution in [0.15, 0.2) is 6.07 Å². The molecule has 2 heterocycles. The lowest BCUT2D eigenvalue weighted by Crippen LogP contribution is -2.42. The summed E-state index contributed by atoms with van der Waals surface area (Å²) in [5.74, 6) is 2.54.